The van der Waals surface area contributed by atoms with Gasteiger partial charge in [0.05, 0.1) is 6.61 Å². The van der Waals surface area contributed by atoms with E-state index in [1.807, 2.05) is 0 Å². The molecule has 14 heteroatoms. The Morgan fingerprint density at radius 3 is 1.41 bits per heavy atom. The number of carbonyl (C=O) groups is 2. The fourth-order valence-corrected chi connectivity index (χ4v) is 8.00. The highest BCUT2D eigenvalue weighted by Gasteiger charge is 2.51. The summed E-state index contributed by atoms with van der Waals surface area (Å²) in [5.74, 6) is -1.10. The van der Waals surface area contributed by atoms with E-state index in [9.17, 15) is 44.6 Å². The third kappa shape index (κ3) is 28.5. The largest absolute Gasteiger partial charge is 0.472 e. The third-order valence-corrected chi connectivity index (χ3v) is 11.8. The Hall–Kier alpha value is -1.67. The lowest BCUT2D eigenvalue weighted by Crippen LogP contribution is -2.64. The van der Waals surface area contributed by atoms with Crippen LogP contribution < -0.4 is 0 Å². The monoisotopic (exact) mass is 863 g/mol. The smallest absolute Gasteiger partial charge is 0.462 e. The van der Waals surface area contributed by atoms with Crippen LogP contribution in [0.5, 0.6) is 0 Å². The molecule has 0 radical (unpaired) electrons. The second kappa shape index (κ2) is 35.9. The minimum absolute atomic E-state index is 0.0988. The summed E-state index contributed by atoms with van der Waals surface area (Å²) in [5, 5.41) is 50.1. The van der Waals surface area contributed by atoms with Gasteiger partial charge in [0.15, 0.2) is 6.10 Å². The summed E-state index contributed by atoms with van der Waals surface area (Å²) in [5.41, 5.74) is 0. The first-order valence-corrected chi connectivity index (χ1v) is 24.6. The molecule has 0 aliphatic heterocycles. The van der Waals surface area contributed by atoms with Crippen LogP contribution in [0.15, 0.2) is 24.3 Å². The molecule has 59 heavy (non-hydrogen) atoms. The highest BCUT2D eigenvalue weighted by atomic mass is 31.2. The molecule has 13 nitrogen and oxygen atoms in total. The van der Waals surface area contributed by atoms with E-state index in [-0.39, 0.29) is 12.8 Å². The van der Waals surface area contributed by atoms with Crippen molar-refractivity contribution < 1.29 is 63.1 Å². The van der Waals surface area contributed by atoms with Crippen molar-refractivity contribution in [1.29, 1.82) is 0 Å². The van der Waals surface area contributed by atoms with Gasteiger partial charge >= 0.3 is 19.8 Å². The lowest BCUT2D eigenvalue weighted by Gasteiger charge is -2.41. The number of hydrogen-bond donors (Lipinski definition) is 6. The van der Waals surface area contributed by atoms with Crippen molar-refractivity contribution in [2.45, 2.75) is 236 Å². The summed E-state index contributed by atoms with van der Waals surface area (Å²) in [6.45, 7) is 3.27. The second-order valence-electron chi connectivity index (χ2n) is 16.3. The van der Waals surface area contributed by atoms with Gasteiger partial charge in [-0.25, -0.2) is 4.57 Å². The lowest BCUT2D eigenvalue weighted by atomic mass is 9.85. The summed E-state index contributed by atoms with van der Waals surface area (Å²) in [7, 11) is -5.11. The van der Waals surface area contributed by atoms with Crippen molar-refractivity contribution in [2.75, 3.05) is 13.2 Å². The molecule has 0 aromatic carbocycles. The number of rotatable bonds is 38. The van der Waals surface area contributed by atoms with Gasteiger partial charge in [-0.1, -0.05) is 160 Å². The van der Waals surface area contributed by atoms with Crippen LogP contribution in [0.3, 0.4) is 0 Å². The zero-order valence-corrected chi connectivity index (χ0v) is 37.4. The molecule has 1 saturated carbocycles. The number of hydrogen-bond acceptors (Lipinski definition) is 12. The van der Waals surface area contributed by atoms with Gasteiger partial charge in [0.25, 0.3) is 0 Å². The van der Waals surface area contributed by atoms with E-state index in [0.717, 1.165) is 70.6 Å². The number of ether oxygens (including phenoxy) is 2. The van der Waals surface area contributed by atoms with Gasteiger partial charge in [-0.15, -0.1) is 0 Å². The van der Waals surface area contributed by atoms with E-state index in [1.54, 1.807) is 0 Å². The van der Waals surface area contributed by atoms with E-state index < -0.39 is 75.7 Å². The van der Waals surface area contributed by atoms with E-state index >= 15 is 0 Å². The van der Waals surface area contributed by atoms with Gasteiger partial charge in [-0.2, -0.15) is 0 Å². The molecule has 0 heterocycles. The maximum absolute atomic E-state index is 12.8. The first-order valence-electron chi connectivity index (χ1n) is 23.1. The Balaban J connectivity index is 2.45. The molecule has 0 bridgehead atoms. The average molecular weight is 863 g/mol. The molecule has 6 N–H and O–H groups in total. The van der Waals surface area contributed by atoms with Crippen LogP contribution >= 0.6 is 7.82 Å². The van der Waals surface area contributed by atoms with Crippen molar-refractivity contribution in [3.05, 3.63) is 24.3 Å². The van der Waals surface area contributed by atoms with Crippen molar-refractivity contribution >= 4 is 19.8 Å². The van der Waals surface area contributed by atoms with Crippen molar-refractivity contribution in [3.8, 4) is 0 Å². The van der Waals surface area contributed by atoms with Crippen LogP contribution in [0.2, 0.25) is 0 Å². The second-order valence-corrected chi connectivity index (χ2v) is 17.7. The number of allylic oxidation sites excluding steroid dienone is 4. The summed E-state index contributed by atoms with van der Waals surface area (Å²) < 4.78 is 33.5. The fourth-order valence-electron chi connectivity index (χ4n) is 7.02. The maximum Gasteiger partial charge on any atom is 0.472 e. The number of unbranched alkanes of at least 4 members (excludes halogenated alkanes) is 22. The summed E-state index contributed by atoms with van der Waals surface area (Å²) in [6, 6.07) is 0. The van der Waals surface area contributed by atoms with E-state index in [1.165, 1.54) is 83.5 Å². The van der Waals surface area contributed by atoms with Crippen LogP contribution in [-0.2, 0) is 32.7 Å². The first kappa shape index (κ1) is 55.3. The topological polar surface area (TPSA) is 210 Å². The Labute approximate surface area is 356 Å². The Morgan fingerprint density at radius 1 is 0.525 bits per heavy atom. The molecule has 6 unspecified atom stereocenters. The van der Waals surface area contributed by atoms with Crippen LogP contribution in [0.4, 0.5) is 0 Å². The van der Waals surface area contributed by atoms with Crippen LogP contribution in [0.1, 0.15) is 194 Å². The number of aliphatic hydroxyl groups excluding tert-OH is 5. The predicted molar refractivity (Wildman–Crippen MR) is 230 cm³/mol. The number of esters is 2. The highest BCUT2D eigenvalue weighted by molar-refractivity contribution is 7.47. The molecule has 8 atom stereocenters. The molecule has 0 aromatic rings. The van der Waals surface area contributed by atoms with Gasteiger partial charge < -0.3 is 39.9 Å². The van der Waals surface area contributed by atoms with Crippen LogP contribution in [-0.4, -0.2) is 98.3 Å². The number of aliphatic hydroxyl groups is 5. The zero-order valence-electron chi connectivity index (χ0n) is 36.6. The summed E-state index contributed by atoms with van der Waals surface area (Å²) >= 11 is 0. The lowest BCUT2D eigenvalue weighted by molar-refractivity contribution is -0.220. The predicted octanol–water partition coefficient (Wildman–Crippen LogP) is 8.84. The molecule has 0 saturated heterocycles. The van der Waals surface area contributed by atoms with Gasteiger partial charge in [-0.3, -0.25) is 18.6 Å². The Bertz CT molecular complexity index is 1130. The van der Waals surface area contributed by atoms with Gasteiger partial charge in [-0.05, 0) is 44.9 Å². The molecule has 346 valence electrons. The van der Waals surface area contributed by atoms with Crippen molar-refractivity contribution in [3.63, 3.8) is 0 Å². The van der Waals surface area contributed by atoms with Gasteiger partial charge in [0, 0.05) is 12.8 Å². The van der Waals surface area contributed by atoms with E-state index in [4.69, 9.17) is 18.5 Å². The van der Waals surface area contributed by atoms with Gasteiger partial charge in [0.1, 0.15) is 43.2 Å². The highest BCUT2D eigenvalue weighted by Crippen LogP contribution is 2.47. The number of phosphoric acid groups is 1. The third-order valence-electron chi connectivity index (χ3n) is 10.8. The van der Waals surface area contributed by atoms with E-state index in [0.29, 0.717) is 12.8 Å². The maximum atomic E-state index is 12.8. The normalized spacial score (nSPS) is 22.5. The molecule has 1 fully saturated rings. The summed E-state index contributed by atoms with van der Waals surface area (Å²) in [4.78, 5) is 35.7. The first-order chi connectivity index (χ1) is 28.4. The molecular weight excluding hydrogens is 779 g/mol. The fraction of sp³-hybridized carbons (Fsp3) is 0.867. The molecule has 0 amide bonds. The molecule has 0 aromatic heterocycles. The minimum atomic E-state index is -5.11. The minimum Gasteiger partial charge on any atom is -0.462 e. The Kier molecular flexibility index (Phi) is 33.7. The SMILES string of the molecule is CCCCC/C=C\C/C=C\CCCCCCCCCC(=O)OC[C@H](COP(=O)(O)OC1C(O)C(O)C(O)[C@@H](O)C1O)OC(=O)CCCCCCCCCCCCCCC. The molecule has 0 spiro atoms. The van der Waals surface area contributed by atoms with Crippen LogP contribution in [0, 0.1) is 0 Å². The average Bonchev–Trinajstić information content (AvgIpc) is 3.21. The standard InChI is InChI=1S/C45H83O13P/c1-3-5-7-9-11-13-15-17-18-19-20-22-23-25-27-29-31-33-38(46)55-35-37(36-56-59(53,54)58-45-43(51)41(49)40(48)42(50)44(45)52)57-39(47)34-32-30-28-26-24-21-16-14-12-10-8-6-4-2/h11,13,17-18,37,40-45,48-52H,3-10,12,14-16,19-36H2,1-2H3,(H,53,54)/b13-11-,18-17-/t37-,40?,41-,42?,43?,44?,45?/m1/s1. The quantitative estimate of drug-likeness (QED) is 0.0149. The molecule has 1 rings (SSSR count). The van der Waals surface area contributed by atoms with Gasteiger partial charge in [0.2, 0.25) is 0 Å². The molecule has 1 aliphatic carbocycles. The zero-order chi connectivity index (χ0) is 43.6. The molecular formula is C45H83O13P. The van der Waals surface area contributed by atoms with Crippen molar-refractivity contribution in [2.24, 2.45) is 0 Å². The van der Waals surface area contributed by atoms with Crippen LogP contribution in [0.25, 0.3) is 0 Å². The van der Waals surface area contributed by atoms with E-state index in [2.05, 4.69) is 38.2 Å². The number of carbonyl (C=O) groups excluding carboxylic acids is 2. The van der Waals surface area contributed by atoms with Crippen molar-refractivity contribution in [1.82, 2.24) is 0 Å². The Morgan fingerprint density at radius 2 is 0.915 bits per heavy atom. The summed E-state index contributed by atoms with van der Waals surface area (Å²) in [6.07, 6.45) is 25.1. The molecule has 1 aliphatic rings. The number of phosphoric ester groups is 1.